The number of amides is 2. The third-order valence-electron chi connectivity index (χ3n) is 6.53. The molecule has 2 amide bonds. The molecule has 0 aliphatic carbocycles. The Kier molecular flexibility index (Phi) is 6.63. The molecule has 0 saturated carbocycles. The molecular weight excluding hydrogens is 473 g/mol. The van der Waals surface area contributed by atoms with Gasteiger partial charge in [0.05, 0.1) is 11.4 Å². The Morgan fingerprint density at radius 2 is 1.89 bits per heavy atom. The number of hydrogen-bond acceptors (Lipinski definition) is 6. The number of rotatable bonds is 6. The van der Waals surface area contributed by atoms with Crippen molar-refractivity contribution in [3.8, 4) is 11.3 Å². The molecule has 188 valence electrons. The molecule has 2 aromatic carbocycles. The van der Waals surface area contributed by atoms with Gasteiger partial charge in [0.25, 0.3) is 5.91 Å². The SMILES string of the molecule is C=CC(=O)N1CCC[C@@H](n2nc(-c3ccc(CNC(=O)c4ccc(F)cc4)cc3)c3c(N)ncnc32)C1. The van der Waals surface area contributed by atoms with Gasteiger partial charge in [0.2, 0.25) is 5.91 Å². The van der Waals surface area contributed by atoms with Gasteiger partial charge in [-0.1, -0.05) is 30.8 Å². The van der Waals surface area contributed by atoms with E-state index < -0.39 is 0 Å². The average molecular weight is 500 g/mol. The number of nitrogens with one attached hydrogen (secondary N) is 1. The second-order valence-electron chi connectivity index (χ2n) is 8.92. The molecule has 1 aliphatic heterocycles. The maximum Gasteiger partial charge on any atom is 0.251 e. The van der Waals surface area contributed by atoms with Crippen molar-refractivity contribution in [3.05, 3.63) is 84.5 Å². The summed E-state index contributed by atoms with van der Waals surface area (Å²) in [6, 6.07) is 13.0. The summed E-state index contributed by atoms with van der Waals surface area (Å²) in [5.74, 6) is -0.441. The average Bonchev–Trinajstić information content (AvgIpc) is 3.33. The molecule has 2 aromatic heterocycles. The monoisotopic (exact) mass is 499 g/mol. The van der Waals surface area contributed by atoms with Crippen molar-refractivity contribution in [1.29, 1.82) is 0 Å². The number of piperidine rings is 1. The van der Waals surface area contributed by atoms with Gasteiger partial charge >= 0.3 is 0 Å². The molecule has 0 spiro atoms. The van der Waals surface area contributed by atoms with Crippen molar-refractivity contribution in [2.24, 2.45) is 0 Å². The zero-order chi connectivity index (χ0) is 25.9. The molecule has 0 radical (unpaired) electrons. The summed E-state index contributed by atoms with van der Waals surface area (Å²) in [4.78, 5) is 35.0. The molecule has 1 aliphatic rings. The van der Waals surface area contributed by atoms with Crippen LogP contribution in [0.4, 0.5) is 10.2 Å². The topological polar surface area (TPSA) is 119 Å². The fourth-order valence-corrected chi connectivity index (χ4v) is 4.60. The number of benzene rings is 2. The van der Waals surface area contributed by atoms with E-state index in [9.17, 15) is 14.0 Å². The van der Waals surface area contributed by atoms with Crippen LogP contribution in [0.25, 0.3) is 22.3 Å². The van der Waals surface area contributed by atoms with E-state index >= 15 is 0 Å². The molecule has 3 N–H and O–H groups in total. The molecule has 3 heterocycles. The number of hydrogen-bond donors (Lipinski definition) is 2. The van der Waals surface area contributed by atoms with Crippen LogP contribution in [0.1, 0.15) is 34.8 Å². The number of nitrogen functional groups attached to an aromatic ring is 1. The van der Waals surface area contributed by atoms with Crippen LogP contribution in [0.5, 0.6) is 0 Å². The van der Waals surface area contributed by atoms with Crippen LogP contribution >= 0.6 is 0 Å². The first-order chi connectivity index (χ1) is 17.9. The van der Waals surface area contributed by atoms with Gasteiger partial charge in [0.1, 0.15) is 23.7 Å². The van der Waals surface area contributed by atoms with Crippen molar-refractivity contribution in [2.45, 2.75) is 25.4 Å². The van der Waals surface area contributed by atoms with E-state index in [1.165, 1.54) is 36.7 Å². The molecule has 1 atom stereocenters. The fourth-order valence-electron chi connectivity index (χ4n) is 4.60. The van der Waals surface area contributed by atoms with Gasteiger partial charge in [0, 0.05) is 30.8 Å². The summed E-state index contributed by atoms with van der Waals surface area (Å²) in [6.45, 7) is 5.11. The summed E-state index contributed by atoms with van der Waals surface area (Å²) in [7, 11) is 0. The lowest BCUT2D eigenvalue weighted by Crippen LogP contribution is -2.40. The van der Waals surface area contributed by atoms with E-state index in [2.05, 4.69) is 21.9 Å². The lowest BCUT2D eigenvalue weighted by atomic mass is 10.1. The predicted molar refractivity (Wildman–Crippen MR) is 138 cm³/mol. The normalized spacial score (nSPS) is 15.5. The molecule has 4 aromatic rings. The maximum atomic E-state index is 13.1. The van der Waals surface area contributed by atoms with Crippen LogP contribution in [0, 0.1) is 5.82 Å². The minimum atomic E-state index is -0.390. The van der Waals surface area contributed by atoms with Crippen molar-refractivity contribution in [2.75, 3.05) is 18.8 Å². The first-order valence-corrected chi connectivity index (χ1v) is 12.0. The van der Waals surface area contributed by atoms with Crippen LogP contribution in [0.2, 0.25) is 0 Å². The summed E-state index contributed by atoms with van der Waals surface area (Å²) >= 11 is 0. The van der Waals surface area contributed by atoms with Gasteiger partial charge in [-0.2, -0.15) is 5.10 Å². The van der Waals surface area contributed by atoms with Crippen LogP contribution in [-0.2, 0) is 11.3 Å². The van der Waals surface area contributed by atoms with Gasteiger partial charge < -0.3 is 16.0 Å². The minimum Gasteiger partial charge on any atom is -0.383 e. The highest BCUT2D eigenvalue weighted by atomic mass is 19.1. The first-order valence-electron chi connectivity index (χ1n) is 12.0. The van der Waals surface area contributed by atoms with Crippen LogP contribution in [0.3, 0.4) is 0 Å². The van der Waals surface area contributed by atoms with Gasteiger partial charge in [-0.05, 0) is 48.7 Å². The molecule has 9 nitrogen and oxygen atoms in total. The van der Waals surface area contributed by atoms with Gasteiger partial charge in [-0.15, -0.1) is 0 Å². The van der Waals surface area contributed by atoms with Gasteiger partial charge in [-0.25, -0.2) is 19.0 Å². The summed E-state index contributed by atoms with van der Waals surface area (Å²) in [5, 5.41) is 8.38. The second-order valence-corrected chi connectivity index (χ2v) is 8.92. The zero-order valence-corrected chi connectivity index (χ0v) is 20.1. The Balaban J connectivity index is 1.39. The second kappa shape index (κ2) is 10.2. The summed E-state index contributed by atoms with van der Waals surface area (Å²) in [5.41, 5.74) is 9.64. The van der Waals surface area contributed by atoms with E-state index in [1.54, 1.807) is 4.90 Å². The molecular formula is C27H26FN7O2. The number of halogens is 1. The third kappa shape index (κ3) is 4.90. The summed E-state index contributed by atoms with van der Waals surface area (Å²) in [6.07, 6.45) is 4.45. The molecule has 0 bridgehead atoms. The van der Waals surface area contributed by atoms with Crippen molar-refractivity contribution in [1.82, 2.24) is 30.0 Å². The van der Waals surface area contributed by atoms with E-state index in [4.69, 9.17) is 10.8 Å². The van der Waals surface area contributed by atoms with Crippen LogP contribution < -0.4 is 11.1 Å². The maximum absolute atomic E-state index is 13.1. The number of carbonyl (C=O) groups is 2. The third-order valence-corrected chi connectivity index (χ3v) is 6.53. The molecule has 37 heavy (non-hydrogen) atoms. The van der Waals surface area contributed by atoms with E-state index in [1.807, 2.05) is 28.9 Å². The lowest BCUT2D eigenvalue weighted by Gasteiger charge is -2.32. The fraction of sp³-hybridized carbons (Fsp3) is 0.222. The van der Waals surface area contributed by atoms with E-state index in [0.29, 0.717) is 47.7 Å². The number of fused-ring (bicyclic) bond motifs is 1. The first kappa shape index (κ1) is 24.1. The number of likely N-dealkylation sites (tertiary alicyclic amines) is 1. The standard InChI is InChI=1S/C27H26FN7O2/c1-2-22(36)34-13-3-4-21(15-34)35-26-23(25(29)31-16-32-26)24(33-35)18-7-5-17(6-8-18)14-30-27(37)19-9-11-20(28)12-10-19/h2,5-12,16,21H,1,3-4,13-15H2,(H,30,37)(H2,29,31,32)/t21-/m1/s1. The number of carbonyl (C=O) groups excluding carboxylic acids is 2. The Bertz CT molecular complexity index is 1460. The highest BCUT2D eigenvalue weighted by Crippen LogP contribution is 2.33. The van der Waals surface area contributed by atoms with Gasteiger partial charge in [0.15, 0.2) is 5.65 Å². The lowest BCUT2D eigenvalue weighted by molar-refractivity contribution is -0.127. The quantitative estimate of drug-likeness (QED) is 0.392. The Morgan fingerprint density at radius 1 is 1.14 bits per heavy atom. The largest absolute Gasteiger partial charge is 0.383 e. The Labute approximate surface area is 212 Å². The summed E-state index contributed by atoms with van der Waals surface area (Å²) < 4.78 is 14.9. The van der Waals surface area contributed by atoms with E-state index in [0.717, 1.165) is 24.0 Å². The predicted octanol–water partition coefficient (Wildman–Crippen LogP) is 3.49. The van der Waals surface area contributed by atoms with E-state index in [-0.39, 0.29) is 23.7 Å². The Morgan fingerprint density at radius 3 is 2.62 bits per heavy atom. The van der Waals surface area contributed by atoms with Gasteiger partial charge in [-0.3, -0.25) is 9.59 Å². The number of aromatic nitrogens is 4. The van der Waals surface area contributed by atoms with Crippen LogP contribution in [0.15, 0.2) is 67.5 Å². The molecule has 1 fully saturated rings. The molecule has 5 rings (SSSR count). The van der Waals surface area contributed by atoms with Crippen molar-refractivity contribution >= 4 is 28.7 Å². The van der Waals surface area contributed by atoms with Crippen molar-refractivity contribution in [3.63, 3.8) is 0 Å². The smallest absolute Gasteiger partial charge is 0.251 e. The highest BCUT2D eigenvalue weighted by molar-refractivity contribution is 5.98. The minimum absolute atomic E-state index is 0.0517. The number of nitrogens with zero attached hydrogens (tertiary/aromatic N) is 5. The highest BCUT2D eigenvalue weighted by Gasteiger charge is 2.28. The zero-order valence-electron chi connectivity index (χ0n) is 20.1. The molecule has 1 saturated heterocycles. The van der Waals surface area contributed by atoms with Crippen molar-refractivity contribution < 1.29 is 14.0 Å². The number of nitrogens with two attached hydrogens (primary N) is 1. The van der Waals surface area contributed by atoms with Crippen LogP contribution in [-0.4, -0.2) is 49.6 Å². The molecule has 0 unspecified atom stereocenters. The molecule has 10 heteroatoms. The number of anilines is 1. The Hall–Kier alpha value is -4.60.